The summed E-state index contributed by atoms with van der Waals surface area (Å²) >= 11 is 0. The lowest BCUT2D eigenvalue weighted by atomic mass is 10.1. The number of hydrogen-bond acceptors (Lipinski definition) is 2. The molecule has 1 aliphatic heterocycles. The fraction of sp³-hybridized carbons (Fsp3) is 0.350. The molecule has 3 heteroatoms. The van der Waals surface area contributed by atoms with E-state index in [2.05, 4.69) is 60.8 Å². The first-order chi connectivity index (χ1) is 11.3. The van der Waals surface area contributed by atoms with E-state index in [9.17, 15) is 4.79 Å². The summed E-state index contributed by atoms with van der Waals surface area (Å²) in [6.07, 6.45) is 2.73. The highest BCUT2D eigenvalue weighted by molar-refractivity contribution is 5.95. The van der Waals surface area contributed by atoms with E-state index in [4.69, 9.17) is 0 Å². The van der Waals surface area contributed by atoms with Crippen LogP contribution in [0.3, 0.4) is 0 Å². The van der Waals surface area contributed by atoms with Crippen LogP contribution >= 0.6 is 0 Å². The van der Waals surface area contributed by atoms with Crippen LogP contribution in [-0.2, 0) is 24.3 Å². The highest BCUT2D eigenvalue weighted by atomic mass is 16.2. The van der Waals surface area contributed by atoms with Crippen LogP contribution in [-0.4, -0.2) is 12.5 Å². The maximum absolute atomic E-state index is 11.7. The van der Waals surface area contributed by atoms with Gasteiger partial charge in [-0.15, -0.1) is 0 Å². The van der Waals surface area contributed by atoms with E-state index in [1.54, 1.807) is 0 Å². The summed E-state index contributed by atoms with van der Waals surface area (Å²) in [7, 11) is 0. The molecule has 1 fully saturated rings. The largest absolute Gasteiger partial charge is 0.312 e. The number of anilines is 1. The van der Waals surface area contributed by atoms with Crippen LogP contribution in [0.1, 0.15) is 36.5 Å². The van der Waals surface area contributed by atoms with E-state index < -0.39 is 0 Å². The summed E-state index contributed by atoms with van der Waals surface area (Å²) in [5.74, 6) is 0.242. The number of rotatable bonds is 6. The van der Waals surface area contributed by atoms with Gasteiger partial charge in [0.1, 0.15) is 0 Å². The van der Waals surface area contributed by atoms with Gasteiger partial charge in [0.05, 0.1) is 0 Å². The van der Waals surface area contributed by atoms with Gasteiger partial charge in [-0.3, -0.25) is 4.79 Å². The Morgan fingerprint density at radius 2 is 1.48 bits per heavy atom. The van der Waals surface area contributed by atoms with Crippen LogP contribution in [0.25, 0.3) is 0 Å². The smallest absolute Gasteiger partial charge is 0.227 e. The zero-order valence-electron chi connectivity index (χ0n) is 13.7. The topological polar surface area (TPSA) is 32.3 Å². The van der Waals surface area contributed by atoms with Crippen molar-refractivity contribution in [3.63, 3.8) is 0 Å². The summed E-state index contributed by atoms with van der Waals surface area (Å²) in [6, 6.07) is 17.1. The van der Waals surface area contributed by atoms with Crippen molar-refractivity contribution in [2.24, 2.45) is 0 Å². The summed E-state index contributed by atoms with van der Waals surface area (Å²) in [4.78, 5) is 13.6. The molecule has 23 heavy (non-hydrogen) atoms. The third-order valence-corrected chi connectivity index (χ3v) is 4.41. The van der Waals surface area contributed by atoms with Gasteiger partial charge in [0.15, 0.2) is 0 Å². The lowest BCUT2D eigenvalue weighted by Gasteiger charge is -2.16. The van der Waals surface area contributed by atoms with Gasteiger partial charge in [0, 0.05) is 31.7 Å². The van der Waals surface area contributed by atoms with Crippen molar-refractivity contribution in [3.05, 3.63) is 65.2 Å². The molecule has 0 spiro atoms. The number of carbonyl (C=O) groups excluding carboxylic acids is 1. The average Bonchev–Trinajstić information content (AvgIpc) is 3.02. The third-order valence-electron chi connectivity index (χ3n) is 4.41. The lowest BCUT2D eigenvalue weighted by molar-refractivity contribution is -0.117. The fourth-order valence-corrected chi connectivity index (χ4v) is 2.96. The van der Waals surface area contributed by atoms with Crippen molar-refractivity contribution in [1.82, 2.24) is 5.32 Å². The number of benzene rings is 2. The van der Waals surface area contributed by atoms with Gasteiger partial charge in [0.2, 0.25) is 5.91 Å². The Morgan fingerprint density at radius 1 is 0.913 bits per heavy atom. The second kappa shape index (κ2) is 7.42. The molecule has 0 saturated carbocycles. The maximum Gasteiger partial charge on any atom is 0.227 e. The quantitative estimate of drug-likeness (QED) is 0.883. The summed E-state index contributed by atoms with van der Waals surface area (Å²) in [6.45, 7) is 4.73. The van der Waals surface area contributed by atoms with Gasteiger partial charge in [-0.1, -0.05) is 43.3 Å². The molecule has 3 nitrogen and oxygen atoms in total. The van der Waals surface area contributed by atoms with Gasteiger partial charge in [0.25, 0.3) is 0 Å². The van der Waals surface area contributed by atoms with E-state index in [-0.39, 0.29) is 5.91 Å². The number of nitrogens with zero attached hydrogens (tertiary/aromatic N) is 1. The van der Waals surface area contributed by atoms with E-state index in [0.717, 1.165) is 38.2 Å². The number of hydrogen-bond donors (Lipinski definition) is 1. The van der Waals surface area contributed by atoms with Gasteiger partial charge in [-0.2, -0.15) is 0 Å². The predicted octanol–water partition coefficient (Wildman–Crippen LogP) is 3.67. The van der Waals surface area contributed by atoms with Gasteiger partial charge >= 0.3 is 0 Å². The molecule has 0 radical (unpaired) electrons. The molecule has 3 rings (SSSR count). The predicted molar refractivity (Wildman–Crippen MR) is 94.4 cm³/mol. The second-order valence-corrected chi connectivity index (χ2v) is 6.09. The molecule has 1 N–H and O–H groups in total. The molecule has 2 aromatic rings. The van der Waals surface area contributed by atoms with E-state index >= 15 is 0 Å². The molecule has 1 aliphatic rings. The zero-order valence-corrected chi connectivity index (χ0v) is 13.7. The molecule has 2 aromatic carbocycles. The van der Waals surface area contributed by atoms with Crippen LogP contribution in [0.4, 0.5) is 5.69 Å². The molecular weight excluding hydrogens is 284 g/mol. The third kappa shape index (κ3) is 3.99. The highest BCUT2D eigenvalue weighted by Gasteiger charge is 2.21. The Balaban J connectivity index is 1.51. The minimum Gasteiger partial charge on any atom is -0.312 e. The van der Waals surface area contributed by atoms with Gasteiger partial charge in [-0.05, 0) is 41.7 Å². The molecule has 0 aliphatic carbocycles. The zero-order chi connectivity index (χ0) is 16.1. The van der Waals surface area contributed by atoms with Gasteiger partial charge < -0.3 is 10.2 Å². The maximum atomic E-state index is 11.7. The minimum absolute atomic E-state index is 0.242. The van der Waals surface area contributed by atoms with Crippen molar-refractivity contribution in [3.8, 4) is 0 Å². The van der Waals surface area contributed by atoms with Crippen LogP contribution in [0.2, 0.25) is 0 Å². The average molecular weight is 308 g/mol. The van der Waals surface area contributed by atoms with E-state index in [1.807, 2.05) is 4.90 Å². The van der Waals surface area contributed by atoms with Crippen molar-refractivity contribution in [1.29, 1.82) is 0 Å². The van der Waals surface area contributed by atoms with Crippen LogP contribution in [0.5, 0.6) is 0 Å². The number of aryl methyl sites for hydroxylation is 1. The van der Waals surface area contributed by atoms with E-state index in [1.165, 1.54) is 16.7 Å². The molecule has 120 valence electrons. The first-order valence-electron chi connectivity index (χ1n) is 8.44. The molecule has 0 aromatic heterocycles. The molecule has 0 bridgehead atoms. The lowest BCUT2D eigenvalue weighted by Crippen LogP contribution is -2.23. The van der Waals surface area contributed by atoms with Crippen molar-refractivity contribution < 1.29 is 4.79 Å². The molecule has 1 amide bonds. The van der Waals surface area contributed by atoms with E-state index in [0.29, 0.717) is 6.42 Å². The monoisotopic (exact) mass is 308 g/mol. The van der Waals surface area contributed by atoms with Crippen LogP contribution in [0, 0.1) is 0 Å². The van der Waals surface area contributed by atoms with Crippen molar-refractivity contribution in [2.45, 2.75) is 39.3 Å². The Hall–Kier alpha value is -2.13. The SMILES string of the molecule is CCc1ccc(CNCc2ccc(N3CCCC3=O)cc2)cc1. The molecule has 1 heterocycles. The molecule has 0 unspecified atom stereocenters. The Bertz CT molecular complexity index is 646. The summed E-state index contributed by atoms with van der Waals surface area (Å²) in [5, 5.41) is 3.47. The number of amides is 1. The molecule has 0 atom stereocenters. The fourth-order valence-electron chi connectivity index (χ4n) is 2.96. The standard InChI is InChI=1S/C20H24N2O/c1-2-16-5-7-17(8-6-16)14-21-15-18-9-11-19(12-10-18)22-13-3-4-20(22)23/h5-12,21H,2-4,13-15H2,1H3. The Kier molecular flexibility index (Phi) is 5.09. The van der Waals surface area contributed by atoms with Crippen molar-refractivity contribution >= 4 is 11.6 Å². The van der Waals surface area contributed by atoms with Crippen LogP contribution < -0.4 is 10.2 Å². The molecule has 1 saturated heterocycles. The first-order valence-corrected chi connectivity index (χ1v) is 8.44. The summed E-state index contributed by atoms with van der Waals surface area (Å²) in [5.41, 5.74) is 4.94. The first kappa shape index (κ1) is 15.8. The second-order valence-electron chi connectivity index (χ2n) is 6.09. The van der Waals surface area contributed by atoms with Crippen molar-refractivity contribution in [2.75, 3.05) is 11.4 Å². The Morgan fingerprint density at radius 3 is 2.00 bits per heavy atom. The summed E-state index contributed by atoms with van der Waals surface area (Å²) < 4.78 is 0. The number of carbonyl (C=O) groups is 1. The van der Waals surface area contributed by atoms with Crippen LogP contribution in [0.15, 0.2) is 48.5 Å². The minimum atomic E-state index is 0.242. The molecular formula is C20H24N2O. The Labute approximate surface area is 138 Å². The highest BCUT2D eigenvalue weighted by Crippen LogP contribution is 2.21. The van der Waals surface area contributed by atoms with Gasteiger partial charge in [-0.25, -0.2) is 0 Å². The number of nitrogens with one attached hydrogen (secondary N) is 1. The normalized spacial score (nSPS) is 14.5.